The first-order valence-electron chi connectivity index (χ1n) is 7.55. The van der Waals surface area contributed by atoms with Gasteiger partial charge in [-0.25, -0.2) is 0 Å². The number of carbonyl (C=O) groups is 1. The van der Waals surface area contributed by atoms with Crippen molar-refractivity contribution in [2.45, 2.75) is 53.9 Å². The first kappa shape index (κ1) is 16.2. The second-order valence-electron chi connectivity index (χ2n) is 7.01. The Morgan fingerprint density at radius 1 is 1.26 bits per heavy atom. The zero-order valence-corrected chi connectivity index (χ0v) is 13.3. The fourth-order valence-electron chi connectivity index (χ4n) is 2.18. The van der Waals surface area contributed by atoms with Gasteiger partial charge in [0.2, 0.25) is 0 Å². The van der Waals surface area contributed by atoms with Crippen LogP contribution in [0.2, 0.25) is 0 Å². The molecule has 0 saturated carbocycles. The molecule has 0 aromatic rings. The summed E-state index contributed by atoms with van der Waals surface area (Å²) in [6.45, 7) is 13.6. The number of piperidine rings is 1. The van der Waals surface area contributed by atoms with Crippen molar-refractivity contribution in [3.63, 3.8) is 0 Å². The van der Waals surface area contributed by atoms with E-state index >= 15 is 0 Å². The first-order valence-corrected chi connectivity index (χ1v) is 7.55. The molecule has 1 saturated heterocycles. The van der Waals surface area contributed by atoms with E-state index in [1.165, 1.54) is 0 Å². The maximum absolute atomic E-state index is 11.6. The average Bonchev–Trinajstić information content (AvgIpc) is 2.33. The highest BCUT2D eigenvalue weighted by Crippen LogP contribution is 2.18. The lowest BCUT2D eigenvalue weighted by atomic mass is 9.92. The Hall–Kier alpha value is -0.810. The minimum absolute atomic E-state index is 0.112. The van der Waals surface area contributed by atoms with Crippen molar-refractivity contribution in [3.8, 4) is 11.8 Å². The zero-order chi connectivity index (χ0) is 14.5. The van der Waals surface area contributed by atoms with Crippen LogP contribution in [0.25, 0.3) is 0 Å². The fraction of sp³-hybridized carbons (Fsp3) is 0.824. The molecule has 2 nitrogen and oxygen atoms in total. The quantitative estimate of drug-likeness (QED) is 0.725. The van der Waals surface area contributed by atoms with E-state index in [1.807, 2.05) is 13.8 Å². The van der Waals surface area contributed by atoms with Gasteiger partial charge in [-0.3, -0.25) is 4.79 Å². The lowest BCUT2D eigenvalue weighted by molar-refractivity contribution is -0.122. The monoisotopic (exact) mass is 263 g/mol. The Morgan fingerprint density at radius 2 is 1.84 bits per heavy atom. The molecular weight excluding hydrogens is 234 g/mol. The molecule has 1 aliphatic heterocycles. The summed E-state index contributed by atoms with van der Waals surface area (Å²) in [5.74, 6) is 7.88. The van der Waals surface area contributed by atoms with Gasteiger partial charge in [0.1, 0.15) is 5.78 Å². The summed E-state index contributed by atoms with van der Waals surface area (Å²) in [4.78, 5) is 14.0. The van der Waals surface area contributed by atoms with Crippen LogP contribution in [-0.2, 0) is 4.79 Å². The van der Waals surface area contributed by atoms with Crippen LogP contribution in [0.5, 0.6) is 0 Å². The highest BCUT2D eigenvalue weighted by molar-refractivity contribution is 5.80. The van der Waals surface area contributed by atoms with E-state index in [2.05, 4.69) is 37.5 Å². The summed E-state index contributed by atoms with van der Waals surface area (Å²) in [6.07, 6.45) is 3.01. The smallest absolute Gasteiger partial charge is 0.136 e. The number of likely N-dealkylation sites (tertiary alicyclic amines) is 1. The molecule has 0 amide bonds. The normalized spacial score (nSPS) is 18.2. The van der Waals surface area contributed by atoms with E-state index in [-0.39, 0.29) is 11.3 Å². The van der Waals surface area contributed by atoms with Gasteiger partial charge in [-0.05, 0) is 46.7 Å². The van der Waals surface area contributed by atoms with Crippen LogP contribution in [0.1, 0.15) is 53.9 Å². The highest BCUT2D eigenvalue weighted by atomic mass is 16.1. The standard InChI is InChI=1S/C17H29NO/c1-14(2)16(19)9-13-18-11-7-15(8-12-18)6-10-17(3,4)5/h14-15H,7-9,11-13H2,1-5H3. The number of hydrogen-bond donors (Lipinski definition) is 0. The Morgan fingerprint density at radius 3 is 2.32 bits per heavy atom. The van der Waals surface area contributed by atoms with E-state index in [4.69, 9.17) is 0 Å². The van der Waals surface area contributed by atoms with E-state index in [0.717, 1.165) is 32.5 Å². The van der Waals surface area contributed by atoms with Crippen LogP contribution in [-0.4, -0.2) is 30.3 Å². The maximum Gasteiger partial charge on any atom is 0.136 e. The third-order valence-corrected chi connectivity index (χ3v) is 3.56. The summed E-state index contributed by atoms with van der Waals surface area (Å²) in [5.41, 5.74) is 0.112. The molecule has 19 heavy (non-hydrogen) atoms. The third kappa shape index (κ3) is 6.78. The Balaban J connectivity index is 2.29. The van der Waals surface area contributed by atoms with Gasteiger partial charge < -0.3 is 4.90 Å². The van der Waals surface area contributed by atoms with Gasteiger partial charge in [-0.1, -0.05) is 25.7 Å². The van der Waals surface area contributed by atoms with Crippen LogP contribution >= 0.6 is 0 Å². The molecule has 0 aromatic carbocycles. The second kappa shape index (κ2) is 7.10. The van der Waals surface area contributed by atoms with Crippen LogP contribution in [0, 0.1) is 29.1 Å². The van der Waals surface area contributed by atoms with E-state index < -0.39 is 0 Å². The molecule has 1 aliphatic rings. The largest absolute Gasteiger partial charge is 0.303 e. The first-order chi connectivity index (χ1) is 8.78. The van der Waals surface area contributed by atoms with E-state index in [1.54, 1.807) is 0 Å². The molecule has 0 aliphatic carbocycles. The van der Waals surface area contributed by atoms with Crippen molar-refractivity contribution < 1.29 is 4.79 Å². The van der Waals surface area contributed by atoms with Gasteiger partial charge in [0, 0.05) is 30.2 Å². The average molecular weight is 263 g/mol. The number of rotatable bonds is 4. The Bertz CT molecular complexity index is 346. The van der Waals surface area contributed by atoms with E-state index in [0.29, 0.717) is 18.1 Å². The van der Waals surface area contributed by atoms with E-state index in [9.17, 15) is 4.79 Å². The molecule has 2 heteroatoms. The van der Waals surface area contributed by atoms with Crippen molar-refractivity contribution in [2.24, 2.45) is 17.3 Å². The molecule has 0 unspecified atom stereocenters. The van der Waals surface area contributed by atoms with Crippen LogP contribution in [0.3, 0.4) is 0 Å². The summed E-state index contributed by atoms with van der Waals surface area (Å²) in [6, 6.07) is 0. The number of hydrogen-bond acceptors (Lipinski definition) is 2. The van der Waals surface area contributed by atoms with Crippen LogP contribution in [0.4, 0.5) is 0 Å². The van der Waals surface area contributed by atoms with Crippen molar-refractivity contribution in [1.82, 2.24) is 4.90 Å². The van der Waals surface area contributed by atoms with Gasteiger partial charge in [0.15, 0.2) is 0 Å². The number of Topliss-reactive ketones (excluding diaryl/α,β-unsaturated/α-hetero) is 1. The van der Waals surface area contributed by atoms with Crippen molar-refractivity contribution in [3.05, 3.63) is 0 Å². The number of ketones is 1. The minimum Gasteiger partial charge on any atom is -0.303 e. The maximum atomic E-state index is 11.6. The predicted octanol–water partition coefficient (Wildman–Crippen LogP) is 3.36. The van der Waals surface area contributed by atoms with Gasteiger partial charge in [0.25, 0.3) is 0 Å². The second-order valence-corrected chi connectivity index (χ2v) is 7.01. The third-order valence-electron chi connectivity index (χ3n) is 3.56. The van der Waals surface area contributed by atoms with Gasteiger partial charge in [0.05, 0.1) is 0 Å². The molecule has 0 bridgehead atoms. The SMILES string of the molecule is CC(C)C(=O)CCN1CCC(C#CC(C)(C)C)CC1. The van der Waals surface area contributed by atoms with Gasteiger partial charge >= 0.3 is 0 Å². The Kier molecular flexibility index (Phi) is 6.07. The summed E-state index contributed by atoms with van der Waals surface area (Å²) in [7, 11) is 0. The number of carbonyl (C=O) groups excluding carboxylic acids is 1. The molecular formula is C17H29NO. The molecule has 1 heterocycles. The predicted molar refractivity (Wildman–Crippen MR) is 80.9 cm³/mol. The molecule has 0 spiro atoms. The molecule has 108 valence electrons. The summed E-state index contributed by atoms with van der Waals surface area (Å²) in [5, 5.41) is 0. The lowest BCUT2D eigenvalue weighted by Gasteiger charge is -2.29. The number of nitrogens with zero attached hydrogens (tertiary/aromatic N) is 1. The lowest BCUT2D eigenvalue weighted by Crippen LogP contribution is -2.35. The van der Waals surface area contributed by atoms with Crippen molar-refractivity contribution in [1.29, 1.82) is 0 Å². The summed E-state index contributed by atoms with van der Waals surface area (Å²) < 4.78 is 0. The fourth-order valence-corrected chi connectivity index (χ4v) is 2.18. The van der Waals surface area contributed by atoms with Gasteiger partial charge in [-0.15, -0.1) is 0 Å². The van der Waals surface area contributed by atoms with Gasteiger partial charge in [-0.2, -0.15) is 0 Å². The van der Waals surface area contributed by atoms with Crippen molar-refractivity contribution in [2.75, 3.05) is 19.6 Å². The minimum atomic E-state index is 0.112. The molecule has 1 rings (SSSR count). The topological polar surface area (TPSA) is 20.3 Å². The highest BCUT2D eigenvalue weighted by Gasteiger charge is 2.19. The van der Waals surface area contributed by atoms with Crippen molar-refractivity contribution >= 4 is 5.78 Å². The molecule has 0 radical (unpaired) electrons. The Labute approximate surface area is 118 Å². The molecule has 0 N–H and O–H groups in total. The molecule has 0 aromatic heterocycles. The molecule has 0 atom stereocenters. The van der Waals surface area contributed by atoms with Crippen LogP contribution in [0.15, 0.2) is 0 Å². The summed E-state index contributed by atoms with van der Waals surface area (Å²) >= 11 is 0. The zero-order valence-electron chi connectivity index (χ0n) is 13.3. The molecule has 1 fully saturated rings. The van der Waals surface area contributed by atoms with Crippen LogP contribution < -0.4 is 0 Å².